The van der Waals surface area contributed by atoms with Crippen LogP contribution in [0.3, 0.4) is 0 Å². The molecule has 0 spiro atoms. The normalized spacial score (nSPS) is 15.8. The molecule has 0 saturated carbocycles. The highest BCUT2D eigenvalue weighted by atomic mass is 16.6. The van der Waals surface area contributed by atoms with E-state index in [9.17, 15) is 0 Å². The van der Waals surface area contributed by atoms with Crippen LogP contribution in [0.1, 0.15) is 62.9 Å². The van der Waals surface area contributed by atoms with Crippen molar-refractivity contribution in [1.82, 2.24) is 0 Å². The lowest BCUT2D eigenvalue weighted by atomic mass is 10.1. The molecule has 0 aromatic heterocycles. The van der Waals surface area contributed by atoms with Crippen molar-refractivity contribution in [1.29, 1.82) is 0 Å². The average molecular weight is 362 g/mol. The van der Waals surface area contributed by atoms with Crippen molar-refractivity contribution in [2.24, 2.45) is 0 Å². The standard InChI is InChI=1S/C24H26O3/c1-3-5-7-9-19(17-11-13-21-23(15-17)26-21)25-20(10-8-6-4-2)18-12-14-22-24(16-18)27-22/h7-16,19-20H,3-6H2,1-2H3. The smallest absolute Gasteiger partial charge is 0.170 e. The zero-order valence-corrected chi connectivity index (χ0v) is 16.0. The van der Waals surface area contributed by atoms with Gasteiger partial charge in [0, 0.05) is 0 Å². The highest BCUT2D eigenvalue weighted by Crippen LogP contribution is 2.48. The van der Waals surface area contributed by atoms with Gasteiger partial charge in [-0.25, -0.2) is 0 Å². The van der Waals surface area contributed by atoms with Crippen LogP contribution in [0.15, 0.2) is 60.7 Å². The molecule has 0 amide bonds. The van der Waals surface area contributed by atoms with E-state index >= 15 is 0 Å². The third-order valence-electron chi connectivity index (χ3n) is 4.77. The van der Waals surface area contributed by atoms with Crippen molar-refractivity contribution >= 4 is 0 Å². The zero-order valence-electron chi connectivity index (χ0n) is 16.0. The number of allylic oxidation sites excluding steroid dienone is 2. The molecule has 2 atom stereocenters. The monoisotopic (exact) mass is 362 g/mol. The number of rotatable bonds is 10. The van der Waals surface area contributed by atoms with Crippen molar-refractivity contribution in [3.05, 3.63) is 71.8 Å². The first-order valence-corrected chi connectivity index (χ1v) is 9.91. The van der Waals surface area contributed by atoms with Gasteiger partial charge >= 0.3 is 0 Å². The summed E-state index contributed by atoms with van der Waals surface area (Å²) in [6.07, 6.45) is 12.9. The van der Waals surface area contributed by atoms with Gasteiger partial charge in [-0.3, -0.25) is 0 Å². The fourth-order valence-electron chi connectivity index (χ4n) is 3.12. The van der Waals surface area contributed by atoms with Gasteiger partial charge in [-0.2, -0.15) is 0 Å². The Balaban J connectivity index is 1.58. The quantitative estimate of drug-likeness (QED) is 0.217. The largest absolute Gasteiger partial charge is 0.450 e. The number of ether oxygens (including phenoxy) is 3. The predicted octanol–water partition coefficient (Wildman–Crippen LogP) is 7.41. The molecule has 2 aromatic rings. The molecule has 3 heteroatoms. The van der Waals surface area contributed by atoms with Crippen LogP contribution in [0.25, 0.3) is 0 Å². The minimum atomic E-state index is -0.118. The number of hydrogen-bond donors (Lipinski definition) is 0. The molecule has 0 radical (unpaired) electrons. The maximum atomic E-state index is 6.59. The molecule has 4 rings (SSSR count). The molecule has 0 N–H and O–H groups in total. The fraction of sp³-hybridized carbons (Fsp3) is 0.333. The summed E-state index contributed by atoms with van der Waals surface area (Å²) in [5.41, 5.74) is 2.24. The van der Waals surface area contributed by atoms with Crippen molar-refractivity contribution in [3.63, 3.8) is 0 Å². The molecule has 2 heterocycles. The minimum Gasteiger partial charge on any atom is -0.450 e. The first-order chi connectivity index (χ1) is 13.3. The SMILES string of the molecule is CCCC=CC(OC(C=CCCC)c1ccc2c(c1)O2)c1ccc2c(c1)O2. The van der Waals surface area contributed by atoms with E-state index in [1.807, 2.05) is 12.1 Å². The molecule has 2 unspecified atom stereocenters. The van der Waals surface area contributed by atoms with Gasteiger partial charge in [-0.1, -0.05) is 63.1 Å². The van der Waals surface area contributed by atoms with Crippen LogP contribution in [0.2, 0.25) is 0 Å². The number of unbranched alkanes of at least 4 members (excludes halogenated alkanes) is 2. The van der Waals surface area contributed by atoms with Crippen LogP contribution in [0.5, 0.6) is 23.0 Å². The van der Waals surface area contributed by atoms with E-state index in [1.54, 1.807) is 0 Å². The second kappa shape index (κ2) is 8.01. The van der Waals surface area contributed by atoms with Gasteiger partial charge in [-0.05, 0) is 48.2 Å². The maximum Gasteiger partial charge on any atom is 0.170 e. The lowest BCUT2D eigenvalue weighted by molar-refractivity contribution is 0.0396. The summed E-state index contributed by atoms with van der Waals surface area (Å²) in [6, 6.07) is 12.4. The lowest BCUT2D eigenvalue weighted by Crippen LogP contribution is -2.07. The molecule has 2 aromatic carbocycles. The molecule has 140 valence electrons. The molecule has 0 bridgehead atoms. The summed E-state index contributed by atoms with van der Waals surface area (Å²) < 4.78 is 17.5. The van der Waals surface area contributed by atoms with Crippen molar-refractivity contribution in [3.8, 4) is 23.0 Å². The van der Waals surface area contributed by atoms with Crippen LogP contribution >= 0.6 is 0 Å². The van der Waals surface area contributed by atoms with E-state index in [1.165, 1.54) is 0 Å². The molecule has 2 aliphatic heterocycles. The Labute approximate surface area is 161 Å². The van der Waals surface area contributed by atoms with E-state index < -0.39 is 0 Å². The fourth-order valence-corrected chi connectivity index (χ4v) is 3.12. The van der Waals surface area contributed by atoms with Crippen LogP contribution in [0, 0.1) is 0 Å². The molecular weight excluding hydrogens is 336 g/mol. The van der Waals surface area contributed by atoms with Gasteiger partial charge < -0.3 is 14.2 Å². The zero-order chi connectivity index (χ0) is 18.6. The second-order valence-corrected chi connectivity index (χ2v) is 7.03. The molecule has 27 heavy (non-hydrogen) atoms. The Morgan fingerprint density at radius 2 is 1.22 bits per heavy atom. The summed E-state index contributed by atoms with van der Waals surface area (Å²) >= 11 is 0. The topological polar surface area (TPSA) is 34.3 Å². The minimum absolute atomic E-state index is 0.118. The van der Waals surface area contributed by atoms with E-state index in [-0.39, 0.29) is 12.2 Å². The second-order valence-electron chi connectivity index (χ2n) is 7.03. The number of fused-ring (bicyclic) bond motifs is 2. The van der Waals surface area contributed by atoms with Crippen molar-refractivity contribution in [2.45, 2.75) is 51.7 Å². The van der Waals surface area contributed by atoms with Gasteiger partial charge in [0.05, 0.1) is 0 Å². The van der Waals surface area contributed by atoms with Gasteiger partial charge in [-0.15, -0.1) is 0 Å². The Kier molecular flexibility index (Phi) is 5.30. The van der Waals surface area contributed by atoms with Crippen LogP contribution in [-0.4, -0.2) is 0 Å². The molecule has 0 aliphatic carbocycles. The van der Waals surface area contributed by atoms with Crippen molar-refractivity contribution in [2.75, 3.05) is 0 Å². The van der Waals surface area contributed by atoms with E-state index in [2.05, 4.69) is 62.4 Å². The van der Waals surface area contributed by atoms with Gasteiger partial charge in [0.1, 0.15) is 12.2 Å². The van der Waals surface area contributed by atoms with Crippen LogP contribution < -0.4 is 9.47 Å². The van der Waals surface area contributed by atoms with E-state index in [4.69, 9.17) is 14.2 Å². The average Bonchev–Trinajstić information content (AvgIpc) is 3.59. The highest BCUT2D eigenvalue weighted by molar-refractivity contribution is 5.57. The van der Waals surface area contributed by atoms with E-state index in [0.717, 1.165) is 59.8 Å². The number of hydrogen-bond acceptors (Lipinski definition) is 3. The van der Waals surface area contributed by atoms with Crippen LogP contribution in [0.4, 0.5) is 0 Å². The van der Waals surface area contributed by atoms with Crippen LogP contribution in [-0.2, 0) is 4.74 Å². The Bertz CT molecular complexity index is 794. The molecule has 0 fully saturated rings. The molecule has 2 aliphatic rings. The van der Waals surface area contributed by atoms with Gasteiger partial charge in [0.2, 0.25) is 0 Å². The summed E-state index contributed by atoms with van der Waals surface area (Å²) in [5.74, 6) is 3.86. The first kappa shape index (κ1) is 17.9. The third kappa shape index (κ3) is 4.42. The molecular formula is C24H26O3. The van der Waals surface area contributed by atoms with Gasteiger partial charge in [0.15, 0.2) is 23.0 Å². The van der Waals surface area contributed by atoms with Gasteiger partial charge in [0.25, 0.3) is 0 Å². The summed E-state index contributed by atoms with van der Waals surface area (Å²) in [7, 11) is 0. The highest BCUT2D eigenvalue weighted by Gasteiger charge is 2.25. The Morgan fingerprint density at radius 1 is 0.741 bits per heavy atom. The Morgan fingerprint density at radius 3 is 1.63 bits per heavy atom. The molecule has 3 nitrogen and oxygen atoms in total. The third-order valence-corrected chi connectivity index (χ3v) is 4.77. The van der Waals surface area contributed by atoms with Crippen molar-refractivity contribution < 1.29 is 14.2 Å². The summed E-state index contributed by atoms with van der Waals surface area (Å²) in [4.78, 5) is 0. The first-order valence-electron chi connectivity index (χ1n) is 9.91. The van der Waals surface area contributed by atoms with E-state index in [0.29, 0.717) is 0 Å². The maximum absolute atomic E-state index is 6.59. The number of benzene rings is 2. The molecule has 0 saturated heterocycles. The lowest BCUT2D eigenvalue weighted by Gasteiger charge is -2.21. The predicted molar refractivity (Wildman–Crippen MR) is 108 cm³/mol. The Hall–Kier alpha value is -2.52. The summed E-state index contributed by atoms with van der Waals surface area (Å²) in [5, 5.41) is 0. The summed E-state index contributed by atoms with van der Waals surface area (Å²) in [6.45, 7) is 4.37.